The highest BCUT2D eigenvalue weighted by molar-refractivity contribution is 6.30. The van der Waals surface area contributed by atoms with Gasteiger partial charge in [0.2, 0.25) is 0 Å². The van der Waals surface area contributed by atoms with Crippen LogP contribution >= 0.6 is 11.6 Å². The molecule has 0 aliphatic rings. The average Bonchev–Trinajstić information content (AvgIpc) is 3.11. The van der Waals surface area contributed by atoms with Crippen molar-refractivity contribution in [2.24, 2.45) is 0 Å². The number of rotatable bonds is 4. The monoisotopic (exact) mass is 430 g/mol. The third-order valence-corrected chi connectivity index (χ3v) is 5.38. The molecule has 0 bridgehead atoms. The zero-order valence-electron chi connectivity index (χ0n) is 16.2. The Bertz CT molecular complexity index is 1430. The van der Waals surface area contributed by atoms with Gasteiger partial charge in [-0.3, -0.25) is 4.98 Å². The molecule has 0 radical (unpaired) electrons. The first-order valence-corrected chi connectivity index (χ1v) is 10.0. The summed E-state index contributed by atoms with van der Waals surface area (Å²) in [6.45, 7) is 0.243. The fourth-order valence-electron chi connectivity index (χ4n) is 3.62. The maximum Gasteiger partial charge on any atom is 0.350 e. The van der Waals surface area contributed by atoms with Gasteiger partial charge in [-0.2, -0.15) is 0 Å². The summed E-state index contributed by atoms with van der Waals surface area (Å²) in [4.78, 5) is 17.1. The third-order valence-electron chi connectivity index (χ3n) is 5.12. The Morgan fingerprint density at radius 2 is 1.58 bits per heavy atom. The zero-order chi connectivity index (χ0) is 21.4. The normalized spacial score (nSPS) is 11.2. The van der Waals surface area contributed by atoms with Crippen molar-refractivity contribution >= 4 is 17.2 Å². The van der Waals surface area contributed by atoms with E-state index in [4.69, 9.17) is 11.6 Å². The first-order valence-electron chi connectivity index (χ1n) is 9.63. The lowest BCUT2D eigenvalue weighted by Gasteiger charge is -2.11. The molecule has 2 aromatic carbocycles. The Balaban J connectivity index is 1.73. The van der Waals surface area contributed by atoms with Crippen LogP contribution in [-0.2, 0) is 6.54 Å². The number of hydrogen-bond donors (Lipinski definition) is 0. The largest absolute Gasteiger partial charge is 0.350 e. The molecule has 0 saturated carbocycles. The Morgan fingerprint density at radius 1 is 0.871 bits per heavy atom. The summed E-state index contributed by atoms with van der Waals surface area (Å²) in [6.07, 6.45) is 5.14. The van der Waals surface area contributed by atoms with Gasteiger partial charge in [0.25, 0.3) is 0 Å². The average molecular weight is 431 g/mol. The second-order valence-electron chi connectivity index (χ2n) is 7.11. The Labute approximate surface area is 182 Å². The van der Waals surface area contributed by atoms with Gasteiger partial charge in [0.1, 0.15) is 5.82 Å². The molecule has 0 unspecified atom stereocenters. The van der Waals surface area contributed by atoms with Gasteiger partial charge < -0.3 is 0 Å². The summed E-state index contributed by atoms with van der Waals surface area (Å²) >= 11 is 6.07. The molecule has 0 saturated heterocycles. The van der Waals surface area contributed by atoms with Crippen molar-refractivity contribution in [3.63, 3.8) is 0 Å². The molecule has 5 aromatic rings. The highest BCUT2D eigenvalue weighted by Crippen LogP contribution is 2.34. The van der Waals surface area contributed by atoms with Crippen LogP contribution in [0, 0.1) is 5.82 Å². The molecule has 31 heavy (non-hydrogen) atoms. The molecule has 0 aliphatic heterocycles. The number of hydrogen-bond acceptors (Lipinski definition) is 3. The van der Waals surface area contributed by atoms with E-state index in [0.717, 1.165) is 27.8 Å². The molecule has 0 spiro atoms. The lowest BCUT2D eigenvalue weighted by atomic mass is 9.96. The van der Waals surface area contributed by atoms with Crippen LogP contribution in [0.3, 0.4) is 0 Å². The molecule has 0 fully saturated rings. The fourth-order valence-corrected chi connectivity index (χ4v) is 3.74. The number of fused-ring (bicyclic) bond motifs is 1. The topological polar surface area (TPSA) is 52.2 Å². The van der Waals surface area contributed by atoms with Crippen molar-refractivity contribution in [3.05, 3.63) is 112 Å². The summed E-state index contributed by atoms with van der Waals surface area (Å²) in [7, 11) is 0. The summed E-state index contributed by atoms with van der Waals surface area (Å²) in [6, 6.07) is 19.2. The molecule has 3 aromatic heterocycles. The molecule has 152 valence electrons. The zero-order valence-corrected chi connectivity index (χ0v) is 17.0. The van der Waals surface area contributed by atoms with E-state index in [1.54, 1.807) is 30.7 Å². The highest BCUT2D eigenvalue weighted by Gasteiger charge is 2.17. The highest BCUT2D eigenvalue weighted by atomic mass is 35.5. The van der Waals surface area contributed by atoms with E-state index in [-0.39, 0.29) is 18.1 Å². The van der Waals surface area contributed by atoms with Crippen molar-refractivity contribution < 1.29 is 4.39 Å². The Morgan fingerprint density at radius 3 is 2.29 bits per heavy atom. The number of benzene rings is 2. The minimum absolute atomic E-state index is 0.243. The minimum Gasteiger partial charge on any atom is -0.265 e. The van der Waals surface area contributed by atoms with Gasteiger partial charge >= 0.3 is 5.69 Å². The van der Waals surface area contributed by atoms with Gasteiger partial charge in [0.05, 0.1) is 6.54 Å². The first kappa shape index (κ1) is 19.2. The second kappa shape index (κ2) is 7.81. The van der Waals surface area contributed by atoms with E-state index in [9.17, 15) is 9.18 Å². The van der Waals surface area contributed by atoms with Crippen molar-refractivity contribution in [1.82, 2.24) is 19.2 Å². The summed E-state index contributed by atoms with van der Waals surface area (Å²) in [5.41, 5.74) is 4.65. The number of pyridine rings is 2. The van der Waals surface area contributed by atoms with Gasteiger partial charge in [0, 0.05) is 29.2 Å². The van der Waals surface area contributed by atoms with E-state index in [1.165, 1.54) is 21.2 Å². The van der Waals surface area contributed by atoms with E-state index in [1.807, 2.05) is 42.5 Å². The quantitative estimate of drug-likeness (QED) is 0.400. The predicted octanol–water partition coefficient (Wildman–Crippen LogP) is 5.07. The molecular formula is C24H16ClFN4O. The maximum absolute atomic E-state index is 13.2. The molecule has 3 heterocycles. The van der Waals surface area contributed by atoms with E-state index in [2.05, 4.69) is 10.1 Å². The molecule has 5 rings (SSSR count). The van der Waals surface area contributed by atoms with E-state index in [0.29, 0.717) is 10.7 Å². The van der Waals surface area contributed by atoms with Gasteiger partial charge in [-0.05, 0) is 64.7 Å². The third kappa shape index (κ3) is 3.62. The molecule has 0 atom stereocenters. The number of aromatic nitrogens is 4. The molecule has 7 heteroatoms. The molecule has 0 aliphatic carbocycles. The summed E-state index contributed by atoms with van der Waals surface area (Å²) < 4.78 is 16.2. The summed E-state index contributed by atoms with van der Waals surface area (Å²) in [5.74, 6) is -0.321. The molecule has 0 amide bonds. The van der Waals surface area contributed by atoms with Gasteiger partial charge in [-0.25, -0.2) is 18.3 Å². The predicted molar refractivity (Wildman–Crippen MR) is 119 cm³/mol. The standard InChI is InChI=1S/C24H16ClFN4O/c25-19-5-3-17(4-6-19)21-11-14-29-23(22(21)18-9-12-27-13-10-18)28-30(24(29)31)15-16-1-7-20(26)8-2-16/h1-14H,15H2. The lowest BCUT2D eigenvalue weighted by molar-refractivity contribution is 0.622. The Hall–Kier alpha value is -3.77. The molecule has 5 nitrogen and oxygen atoms in total. The smallest absolute Gasteiger partial charge is 0.265 e. The summed E-state index contributed by atoms with van der Waals surface area (Å²) in [5, 5.41) is 5.29. The Kier molecular flexibility index (Phi) is 4.84. The van der Waals surface area contributed by atoms with Crippen LogP contribution in [0.2, 0.25) is 5.02 Å². The van der Waals surface area contributed by atoms with Crippen molar-refractivity contribution in [1.29, 1.82) is 0 Å². The van der Waals surface area contributed by atoms with Crippen LogP contribution in [-0.4, -0.2) is 19.2 Å². The van der Waals surface area contributed by atoms with Gasteiger partial charge in [-0.1, -0.05) is 35.9 Å². The van der Waals surface area contributed by atoms with Crippen LogP contribution in [0.15, 0.2) is 90.1 Å². The number of halogens is 2. The van der Waals surface area contributed by atoms with Crippen molar-refractivity contribution in [2.45, 2.75) is 6.54 Å². The van der Waals surface area contributed by atoms with Gasteiger partial charge in [-0.15, -0.1) is 5.10 Å². The van der Waals surface area contributed by atoms with Crippen LogP contribution < -0.4 is 5.69 Å². The van der Waals surface area contributed by atoms with Crippen LogP contribution in [0.1, 0.15) is 5.56 Å². The van der Waals surface area contributed by atoms with Crippen molar-refractivity contribution in [3.8, 4) is 22.3 Å². The second-order valence-corrected chi connectivity index (χ2v) is 7.54. The lowest BCUT2D eigenvalue weighted by Crippen LogP contribution is -2.21. The number of nitrogens with zero attached hydrogens (tertiary/aromatic N) is 4. The maximum atomic E-state index is 13.2. The van der Waals surface area contributed by atoms with E-state index < -0.39 is 0 Å². The SMILES string of the molecule is O=c1n(Cc2ccc(F)cc2)nc2c(-c3ccncc3)c(-c3ccc(Cl)cc3)ccn12. The first-order chi connectivity index (χ1) is 15.1. The molecular weight excluding hydrogens is 415 g/mol. The van der Waals surface area contributed by atoms with Gasteiger partial charge in [0.15, 0.2) is 5.65 Å². The minimum atomic E-state index is -0.321. The van der Waals surface area contributed by atoms with E-state index >= 15 is 0 Å². The van der Waals surface area contributed by atoms with Crippen LogP contribution in [0.5, 0.6) is 0 Å². The van der Waals surface area contributed by atoms with Crippen LogP contribution in [0.25, 0.3) is 27.9 Å². The molecule has 0 N–H and O–H groups in total. The fraction of sp³-hybridized carbons (Fsp3) is 0.0417. The van der Waals surface area contributed by atoms with Crippen LogP contribution in [0.4, 0.5) is 4.39 Å². The van der Waals surface area contributed by atoms with Crippen molar-refractivity contribution in [2.75, 3.05) is 0 Å².